The van der Waals surface area contributed by atoms with Gasteiger partial charge in [0.25, 0.3) is 0 Å². The van der Waals surface area contributed by atoms with Gasteiger partial charge < -0.3 is 14.6 Å². The molecule has 3 nitrogen and oxygen atoms in total. The van der Waals surface area contributed by atoms with Crippen molar-refractivity contribution in [3.63, 3.8) is 0 Å². The van der Waals surface area contributed by atoms with E-state index >= 15 is 0 Å². The largest absolute Gasteiger partial charge is 0.545 e. The molecule has 0 radical (unpaired) electrons. The van der Waals surface area contributed by atoms with E-state index in [0.29, 0.717) is 5.76 Å². The molecule has 0 atom stereocenters. The summed E-state index contributed by atoms with van der Waals surface area (Å²) < 4.78 is 4.63. The molecule has 0 saturated heterocycles. The van der Waals surface area contributed by atoms with E-state index in [2.05, 4.69) is 4.74 Å². The average molecular weight is 129 g/mol. The van der Waals surface area contributed by atoms with E-state index in [1.165, 1.54) is 14.0 Å². The third kappa shape index (κ3) is 2.17. The summed E-state index contributed by atoms with van der Waals surface area (Å²) >= 11 is 0. The SMILES string of the molecule is CO/C(C)=C(/C)C(=O)[O-]. The number of carboxylic acids is 1. The molecule has 0 N–H and O–H groups in total. The van der Waals surface area contributed by atoms with Crippen LogP contribution in [-0.2, 0) is 9.53 Å². The molecule has 0 aliphatic carbocycles. The number of aliphatic carboxylic acids is 1. The molecule has 0 fully saturated rings. The maximum absolute atomic E-state index is 10.1. The summed E-state index contributed by atoms with van der Waals surface area (Å²) in [6, 6.07) is 0. The van der Waals surface area contributed by atoms with Gasteiger partial charge in [-0.2, -0.15) is 0 Å². The number of carbonyl (C=O) groups is 1. The molecule has 0 heterocycles. The first-order valence-corrected chi connectivity index (χ1v) is 2.52. The maximum Gasteiger partial charge on any atom is 0.0971 e. The third-order valence-corrected chi connectivity index (χ3v) is 1.14. The molecule has 9 heavy (non-hydrogen) atoms. The van der Waals surface area contributed by atoms with Crippen LogP contribution in [0.25, 0.3) is 0 Å². The van der Waals surface area contributed by atoms with Crippen LogP contribution in [0.4, 0.5) is 0 Å². The predicted molar refractivity (Wildman–Crippen MR) is 30.4 cm³/mol. The number of methoxy groups -OCH3 is 1. The van der Waals surface area contributed by atoms with Crippen molar-refractivity contribution in [2.24, 2.45) is 0 Å². The summed E-state index contributed by atoms with van der Waals surface area (Å²) in [5.74, 6) is -0.802. The molecule has 0 amide bonds. The van der Waals surface area contributed by atoms with Gasteiger partial charge >= 0.3 is 0 Å². The second-order valence-corrected chi connectivity index (χ2v) is 1.67. The number of hydrogen-bond acceptors (Lipinski definition) is 3. The van der Waals surface area contributed by atoms with Crippen molar-refractivity contribution in [1.29, 1.82) is 0 Å². The van der Waals surface area contributed by atoms with Gasteiger partial charge in [-0.25, -0.2) is 0 Å². The molecule has 0 saturated carbocycles. The molecular formula is C6H9O3-. The first-order chi connectivity index (χ1) is 4.09. The highest BCUT2D eigenvalue weighted by Crippen LogP contribution is 2.00. The third-order valence-electron chi connectivity index (χ3n) is 1.14. The number of ether oxygens (including phenoxy) is 1. The van der Waals surface area contributed by atoms with Gasteiger partial charge in [0, 0.05) is 5.57 Å². The summed E-state index contributed by atoms with van der Waals surface area (Å²) in [6.45, 7) is 3.01. The number of rotatable bonds is 2. The lowest BCUT2D eigenvalue weighted by molar-refractivity contribution is -0.299. The molecular weight excluding hydrogens is 120 g/mol. The Morgan fingerprint density at radius 3 is 2.00 bits per heavy atom. The fourth-order valence-electron chi connectivity index (χ4n) is 0.297. The lowest BCUT2D eigenvalue weighted by atomic mass is 10.3. The van der Waals surface area contributed by atoms with Crippen LogP contribution in [0.15, 0.2) is 11.3 Å². The van der Waals surface area contributed by atoms with Crippen molar-refractivity contribution >= 4 is 5.97 Å². The van der Waals surface area contributed by atoms with E-state index in [1.54, 1.807) is 6.92 Å². The Kier molecular flexibility index (Phi) is 2.78. The minimum absolute atomic E-state index is 0.137. The topological polar surface area (TPSA) is 49.4 Å². The summed E-state index contributed by atoms with van der Waals surface area (Å²) in [5, 5.41) is 10.1. The zero-order valence-electron chi connectivity index (χ0n) is 5.72. The monoisotopic (exact) mass is 129 g/mol. The summed E-state index contributed by atoms with van der Waals surface area (Å²) in [5.41, 5.74) is 0.137. The minimum Gasteiger partial charge on any atom is -0.545 e. The lowest BCUT2D eigenvalue weighted by Crippen LogP contribution is -2.24. The van der Waals surface area contributed by atoms with Gasteiger partial charge in [-0.05, 0) is 13.8 Å². The highest BCUT2D eigenvalue weighted by molar-refractivity contribution is 5.84. The Hall–Kier alpha value is -0.990. The van der Waals surface area contributed by atoms with Crippen molar-refractivity contribution in [2.45, 2.75) is 13.8 Å². The average Bonchev–Trinajstić information content (AvgIpc) is 1.84. The van der Waals surface area contributed by atoms with Gasteiger partial charge in [-0.1, -0.05) is 0 Å². The van der Waals surface area contributed by atoms with Crippen LogP contribution in [0.1, 0.15) is 13.8 Å². The van der Waals surface area contributed by atoms with E-state index in [0.717, 1.165) is 0 Å². The molecule has 0 aliphatic rings. The molecule has 0 spiro atoms. The minimum atomic E-state index is -1.19. The fourth-order valence-corrected chi connectivity index (χ4v) is 0.297. The molecule has 3 heteroatoms. The smallest absolute Gasteiger partial charge is 0.0971 e. The highest BCUT2D eigenvalue weighted by Gasteiger charge is 1.94. The molecule has 0 rings (SSSR count). The van der Waals surface area contributed by atoms with Crippen LogP contribution in [0.5, 0.6) is 0 Å². The van der Waals surface area contributed by atoms with E-state index in [4.69, 9.17) is 0 Å². The van der Waals surface area contributed by atoms with Gasteiger partial charge in [0.15, 0.2) is 0 Å². The van der Waals surface area contributed by atoms with Crippen LogP contribution >= 0.6 is 0 Å². The molecule has 0 aliphatic heterocycles. The van der Waals surface area contributed by atoms with Gasteiger partial charge in [0.2, 0.25) is 0 Å². The van der Waals surface area contributed by atoms with Crippen LogP contribution in [0.2, 0.25) is 0 Å². The Balaban J connectivity index is 4.28. The lowest BCUT2D eigenvalue weighted by Gasteiger charge is -2.05. The van der Waals surface area contributed by atoms with Crippen molar-refractivity contribution in [3.8, 4) is 0 Å². The van der Waals surface area contributed by atoms with Crippen LogP contribution < -0.4 is 5.11 Å². The Morgan fingerprint density at radius 2 is 1.89 bits per heavy atom. The van der Waals surface area contributed by atoms with E-state index in [1.807, 2.05) is 0 Å². The van der Waals surface area contributed by atoms with E-state index in [-0.39, 0.29) is 5.57 Å². The second kappa shape index (κ2) is 3.12. The molecule has 0 unspecified atom stereocenters. The Bertz CT molecular complexity index is 146. The van der Waals surface area contributed by atoms with Crippen molar-refractivity contribution in [3.05, 3.63) is 11.3 Å². The van der Waals surface area contributed by atoms with Gasteiger partial charge in [-0.15, -0.1) is 0 Å². The zero-order valence-corrected chi connectivity index (χ0v) is 5.72. The van der Waals surface area contributed by atoms with Gasteiger partial charge in [0.1, 0.15) is 0 Å². The Morgan fingerprint density at radius 1 is 1.44 bits per heavy atom. The normalized spacial score (nSPS) is 12.3. The highest BCUT2D eigenvalue weighted by atomic mass is 16.5. The number of allylic oxidation sites excluding steroid dienone is 1. The van der Waals surface area contributed by atoms with Gasteiger partial charge in [-0.3, -0.25) is 0 Å². The summed E-state index contributed by atoms with van der Waals surface area (Å²) in [6.07, 6.45) is 0. The molecule has 0 bridgehead atoms. The quantitative estimate of drug-likeness (QED) is 0.379. The molecule has 0 aromatic rings. The summed E-state index contributed by atoms with van der Waals surface area (Å²) in [7, 11) is 1.42. The Labute approximate surface area is 53.9 Å². The molecule has 0 aromatic carbocycles. The van der Waals surface area contributed by atoms with Crippen molar-refractivity contribution < 1.29 is 14.6 Å². The predicted octanol–water partition coefficient (Wildman–Crippen LogP) is -0.323. The van der Waals surface area contributed by atoms with Crippen LogP contribution in [0.3, 0.4) is 0 Å². The van der Waals surface area contributed by atoms with Crippen molar-refractivity contribution in [2.75, 3.05) is 7.11 Å². The van der Waals surface area contributed by atoms with Crippen LogP contribution in [0, 0.1) is 0 Å². The number of carboxylic acid groups (broad SMARTS) is 1. The zero-order chi connectivity index (χ0) is 7.44. The number of carbonyl (C=O) groups excluding carboxylic acids is 1. The van der Waals surface area contributed by atoms with Crippen molar-refractivity contribution in [1.82, 2.24) is 0 Å². The van der Waals surface area contributed by atoms with Gasteiger partial charge in [0.05, 0.1) is 18.8 Å². The summed E-state index contributed by atoms with van der Waals surface area (Å²) in [4.78, 5) is 10.1. The molecule has 0 aromatic heterocycles. The molecule has 52 valence electrons. The standard InChI is InChI=1S/C6H10O3/c1-4(6(7)8)5(2)9-3/h1-3H3,(H,7,8)/p-1/b5-4-. The van der Waals surface area contributed by atoms with E-state index in [9.17, 15) is 9.90 Å². The second-order valence-electron chi connectivity index (χ2n) is 1.67. The first-order valence-electron chi connectivity index (χ1n) is 2.52. The maximum atomic E-state index is 10.1. The fraction of sp³-hybridized carbons (Fsp3) is 0.500. The van der Waals surface area contributed by atoms with Crippen LogP contribution in [-0.4, -0.2) is 13.1 Å². The first kappa shape index (κ1) is 8.01. The van der Waals surface area contributed by atoms with E-state index < -0.39 is 5.97 Å². The number of hydrogen-bond donors (Lipinski definition) is 0.